The van der Waals surface area contributed by atoms with Crippen LogP contribution in [0.15, 0.2) is 30.9 Å². The molecule has 1 atom stereocenters. The lowest BCUT2D eigenvalue weighted by Gasteiger charge is -2.16. The monoisotopic (exact) mass is 383 g/mol. The molecule has 0 unspecified atom stereocenters. The fraction of sp³-hybridized carbons (Fsp3) is 0.368. The van der Waals surface area contributed by atoms with Crippen molar-refractivity contribution in [1.29, 1.82) is 0 Å². The average molecular weight is 383 g/mol. The van der Waals surface area contributed by atoms with E-state index >= 15 is 0 Å². The summed E-state index contributed by atoms with van der Waals surface area (Å²) in [4.78, 5) is 27.3. The van der Waals surface area contributed by atoms with Crippen LogP contribution in [0, 0.1) is 12.7 Å². The maximum Gasteiger partial charge on any atom is 0.258 e. The lowest BCUT2D eigenvalue weighted by molar-refractivity contribution is 0.102. The van der Waals surface area contributed by atoms with Gasteiger partial charge < -0.3 is 19.9 Å². The van der Waals surface area contributed by atoms with Crippen molar-refractivity contribution in [2.24, 2.45) is 0 Å². The highest BCUT2D eigenvalue weighted by molar-refractivity contribution is 6.03. The van der Waals surface area contributed by atoms with E-state index in [2.05, 4.69) is 37.4 Å². The number of halogens is 1. The Balaban J connectivity index is 1.45. The molecule has 3 aromatic rings. The van der Waals surface area contributed by atoms with E-state index in [0.29, 0.717) is 28.9 Å². The number of likely N-dealkylation sites (N-methyl/N-ethyl adjacent to an activating group) is 1. The van der Waals surface area contributed by atoms with E-state index in [0.717, 1.165) is 26.1 Å². The number of aromatic nitrogens is 4. The molecule has 0 saturated carbocycles. The van der Waals surface area contributed by atoms with E-state index in [1.807, 2.05) is 0 Å². The summed E-state index contributed by atoms with van der Waals surface area (Å²) in [6.07, 6.45) is 7.35. The number of amides is 1. The van der Waals surface area contributed by atoms with Crippen LogP contribution in [0.2, 0.25) is 0 Å². The van der Waals surface area contributed by atoms with Crippen molar-refractivity contribution in [2.75, 3.05) is 29.9 Å². The highest BCUT2D eigenvalue weighted by atomic mass is 19.1. The molecular weight excluding hydrogens is 361 g/mol. The van der Waals surface area contributed by atoms with Gasteiger partial charge in [-0.25, -0.2) is 19.3 Å². The first-order valence-corrected chi connectivity index (χ1v) is 9.30. The summed E-state index contributed by atoms with van der Waals surface area (Å²) < 4.78 is 15.7. The third kappa shape index (κ3) is 3.65. The van der Waals surface area contributed by atoms with Gasteiger partial charge >= 0.3 is 0 Å². The van der Waals surface area contributed by atoms with Gasteiger partial charge in [0.05, 0.1) is 16.9 Å². The summed E-state index contributed by atoms with van der Waals surface area (Å²) in [6, 6.07) is 1.69. The normalized spacial score (nSPS) is 16.7. The Morgan fingerprint density at radius 1 is 1.32 bits per heavy atom. The molecule has 8 nitrogen and oxygen atoms in total. The van der Waals surface area contributed by atoms with Crippen LogP contribution < -0.4 is 15.5 Å². The van der Waals surface area contributed by atoms with Crippen LogP contribution in [0.4, 0.5) is 16.0 Å². The summed E-state index contributed by atoms with van der Waals surface area (Å²) in [7, 11) is 0. The number of nitrogens with one attached hydrogen (secondary N) is 2. The average Bonchev–Trinajstić information content (AvgIpc) is 3.28. The Morgan fingerprint density at radius 2 is 2.11 bits per heavy atom. The Kier molecular flexibility index (Phi) is 4.91. The van der Waals surface area contributed by atoms with Gasteiger partial charge in [0.2, 0.25) is 5.95 Å². The highest BCUT2D eigenvalue weighted by Crippen LogP contribution is 2.18. The summed E-state index contributed by atoms with van der Waals surface area (Å²) >= 11 is 0. The van der Waals surface area contributed by atoms with Gasteiger partial charge in [-0.2, -0.15) is 0 Å². The number of aryl methyl sites for hydroxylation is 1. The molecular formula is C19H22FN7O. The van der Waals surface area contributed by atoms with Gasteiger partial charge in [-0.3, -0.25) is 4.79 Å². The molecule has 0 aromatic carbocycles. The topological polar surface area (TPSA) is 87.5 Å². The molecule has 1 aliphatic heterocycles. The van der Waals surface area contributed by atoms with Crippen molar-refractivity contribution in [3.63, 3.8) is 0 Å². The standard InChI is InChI=1S/C19H22FN7O/c1-3-21-14-4-5-26(10-14)19-22-7-13(8-23-19)18(28)25-15-6-16(20)17-24-12(2)9-27(17)11-15/h6-9,11,14,21H,3-5,10H2,1-2H3,(H,25,28)/t14-/m1/s1. The number of nitrogens with zero attached hydrogens (tertiary/aromatic N) is 5. The molecule has 4 rings (SSSR count). The molecule has 2 N–H and O–H groups in total. The molecule has 0 spiro atoms. The zero-order valence-electron chi connectivity index (χ0n) is 15.8. The van der Waals surface area contributed by atoms with Crippen molar-refractivity contribution in [3.8, 4) is 0 Å². The SMILES string of the molecule is CCN[C@@H]1CCN(c2ncc(C(=O)Nc3cc(F)c4nc(C)cn4c3)cn2)C1. The van der Waals surface area contributed by atoms with Gasteiger partial charge in [0.15, 0.2) is 11.5 Å². The van der Waals surface area contributed by atoms with Crippen LogP contribution in [-0.2, 0) is 0 Å². The fourth-order valence-electron chi connectivity index (χ4n) is 3.45. The zero-order valence-corrected chi connectivity index (χ0v) is 15.8. The second-order valence-electron chi connectivity index (χ2n) is 6.91. The molecule has 0 bridgehead atoms. The van der Waals surface area contributed by atoms with E-state index in [9.17, 15) is 9.18 Å². The van der Waals surface area contributed by atoms with Gasteiger partial charge in [0, 0.05) is 50.0 Å². The quantitative estimate of drug-likeness (QED) is 0.701. The number of rotatable bonds is 5. The predicted molar refractivity (Wildman–Crippen MR) is 104 cm³/mol. The number of imidazole rings is 1. The van der Waals surface area contributed by atoms with E-state index in [1.54, 1.807) is 23.7 Å². The molecule has 1 saturated heterocycles. The lowest BCUT2D eigenvalue weighted by Crippen LogP contribution is -2.32. The Hall–Kier alpha value is -3.07. The van der Waals surface area contributed by atoms with Crippen molar-refractivity contribution < 1.29 is 9.18 Å². The van der Waals surface area contributed by atoms with Crippen LogP contribution in [-0.4, -0.2) is 50.9 Å². The number of hydrogen-bond donors (Lipinski definition) is 2. The molecule has 9 heteroatoms. The van der Waals surface area contributed by atoms with E-state index in [1.165, 1.54) is 18.5 Å². The van der Waals surface area contributed by atoms with Crippen molar-refractivity contribution in [2.45, 2.75) is 26.3 Å². The second kappa shape index (κ2) is 7.51. The number of carbonyl (C=O) groups is 1. The lowest BCUT2D eigenvalue weighted by atomic mass is 10.3. The summed E-state index contributed by atoms with van der Waals surface area (Å²) in [5.41, 5.74) is 1.58. The van der Waals surface area contributed by atoms with E-state index in [-0.39, 0.29) is 5.65 Å². The van der Waals surface area contributed by atoms with Crippen LogP contribution in [0.25, 0.3) is 5.65 Å². The maximum absolute atomic E-state index is 14.2. The molecule has 0 aliphatic carbocycles. The fourth-order valence-corrected chi connectivity index (χ4v) is 3.45. The van der Waals surface area contributed by atoms with Gasteiger partial charge in [-0.1, -0.05) is 6.92 Å². The molecule has 1 fully saturated rings. The van der Waals surface area contributed by atoms with Crippen molar-refractivity contribution in [1.82, 2.24) is 24.7 Å². The first kappa shape index (κ1) is 18.3. The third-order valence-electron chi connectivity index (χ3n) is 4.75. The van der Waals surface area contributed by atoms with Crippen molar-refractivity contribution in [3.05, 3.63) is 47.9 Å². The Labute approximate surface area is 161 Å². The number of hydrogen-bond acceptors (Lipinski definition) is 6. The first-order chi connectivity index (χ1) is 13.5. The molecule has 28 heavy (non-hydrogen) atoms. The van der Waals surface area contributed by atoms with Crippen LogP contribution in [0.1, 0.15) is 29.4 Å². The smallest absolute Gasteiger partial charge is 0.258 e. The number of carbonyl (C=O) groups excluding carboxylic acids is 1. The van der Waals surface area contributed by atoms with Gasteiger partial charge in [-0.05, 0) is 19.9 Å². The Morgan fingerprint density at radius 3 is 2.86 bits per heavy atom. The molecule has 3 aromatic heterocycles. The maximum atomic E-state index is 14.2. The minimum atomic E-state index is -0.498. The minimum absolute atomic E-state index is 0.227. The zero-order chi connectivity index (χ0) is 19.7. The summed E-state index contributed by atoms with van der Waals surface area (Å²) in [6.45, 7) is 6.54. The van der Waals surface area contributed by atoms with Gasteiger partial charge in [0.25, 0.3) is 5.91 Å². The Bertz CT molecular complexity index is 1000. The predicted octanol–water partition coefficient (Wildman–Crippen LogP) is 2.01. The molecule has 4 heterocycles. The third-order valence-corrected chi connectivity index (χ3v) is 4.75. The van der Waals surface area contributed by atoms with Crippen LogP contribution in [0.5, 0.6) is 0 Å². The van der Waals surface area contributed by atoms with E-state index in [4.69, 9.17) is 0 Å². The molecule has 146 valence electrons. The first-order valence-electron chi connectivity index (χ1n) is 9.30. The van der Waals surface area contributed by atoms with E-state index < -0.39 is 11.7 Å². The molecule has 1 amide bonds. The number of anilines is 2. The minimum Gasteiger partial charge on any atom is -0.339 e. The summed E-state index contributed by atoms with van der Waals surface area (Å²) in [5, 5.41) is 6.10. The van der Waals surface area contributed by atoms with Crippen molar-refractivity contribution >= 4 is 23.2 Å². The molecule has 0 radical (unpaired) electrons. The largest absolute Gasteiger partial charge is 0.339 e. The number of pyridine rings is 1. The second-order valence-corrected chi connectivity index (χ2v) is 6.91. The number of fused-ring (bicyclic) bond motifs is 1. The van der Waals surface area contributed by atoms with Crippen LogP contribution in [0.3, 0.4) is 0 Å². The van der Waals surface area contributed by atoms with Gasteiger partial charge in [-0.15, -0.1) is 0 Å². The van der Waals surface area contributed by atoms with Gasteiger partial charge in [0.1, 0.15) is 0 Å². The summed E-state index contributed by atoms with van der Waals surface area (Å²) in [5.74, 6) is -0.283. The molecule has 1 aliphatic rings. The van der Waals surface area contributed by atoms with Crippen LogP contribution >= 0.6 is 0 Å². The highest BCUT2D eigenvalue weighted by Gasteiger charge is 2.23.